The number of halogens is 5. The van der Waals surface area contributed by atoms with E-state index in [0.717, 1.165) is 9.80 Å². The van der Waals surface area contributed by atoms with Crippen LogP contribution < -0.4 is 10.2 Å². The molecule has 39 heavy (non-hydrogen) atoms. The lowest BCUT2D eigenvalue weighted by molar-refractivity contribution is -0.128. The molecule has 2 aliphatic heterocycles. The van der Waals surface area contributed by atoms with E-state index in [1.807, 2.05) is 6.19 Å². The Labute approximate surface area is 221 Å². The second-order valence-corrected chi connectivity index (χ2v) is 11.8. The molecule has 0 saturated carbocycles. The van der Waals surface area contributed by atoms with E-state index in [9.17, 15) is 34.3 Å². The molecule has 2 aromatic rings. The summed E-state index contributed by atoms with van der Waals surface area (Å²) < 4.78 is 77.5. The number of aromatic nitrogens is 1. The van der Waals surface area contributed by atoms with Crippen molar-refractivity contribution < 1.29 is 38.5 Å². The van der Waals surface area contributed by atoms with Gasteiger partial charge in [-0.2, -0.15) is 5.26 Å². The molecule has 0 aliphatic carbocycles. The Morgan fingerprint density at radius 2 is 1.92 bits per heavy atom. The highest BCUT2D eigenvalue weighted by Gasteiger charge is 2.65. The van der Waals surface area contributed by atoms with E-state index in [4.69, 9.17) is 9.47 Å². The summed E-state index contributed by atoms with van der Waals surface area (Å²) in [5.74, 6) is -1.44. The molecule has 0 bridgehead atoms. The molecule has 0 radical (unpaired) electrons. The average Bonchev–Trinajstić information content (AvgIpc) is 3.29. The van der Waals surface area contributed by atoms with Gasteiger partial charge in [0, 0.05) is 49.6 Å². The first kappa shape index (κ1) is 28.5. The Morgan fingerprint density at radius 1 is 1.23 bits per heavy atom. The van der Waals surface area contributed by atoms with Crippen molar-refractivity contribution >= 4 is 27.7 Å². The van der Waals surface area contributed by atoms with E-state index in [1.165, 1.54) is 31.6 Å². The summed E-state index contributed by atoms with van der Waals surface area (Å²) >= 11 is 0. The normalized spacial score (nSPS) is 22.1. The lowest BCUT2D eigenvalue weighted by atomic mass is 10.0. The topological polar surface area (TPSA) is 108 Å². The van der Waals surface area contributed by atoms with Crippen LogP contribution in [-0.4, -0.2) is 67.3 Å². The maximum atomic E-state index is 14.0. The maximum Gasteiger partial charge on any atom is 0.310 e. The summed E-state index contributed by atoms with van der Waals surface area (Å²) in [6.07, 6.45) is 4.21. The van der Waals surface area contributed by atoms with Gasteiger partial charge in [-0.25, -0.2) is 0 Å². The van der Waals surface area contributed by atoms with Crippen LogP contribution in [0.25, 0.3) is 0 Å². The van der Waals surface area contributed by atoms with Crippen molar-refractivity contribution in [1.82, 2.24) is 15.2 Å². The van der Waals surface area contributed by atoms with Gasteiger partial charge in [0.25, 0.3) is 5.91 Å². The molecule has 212 valence electrons. The molecule has 1 aromatic carbocycles. The number of carbonyl (C=O) groups is 2. The highest BCUT2D eigenvalue weighted by Crippen LogP contribution is 3.02. The van der Waals surface area contributed by atoms with Crippen LogP contribution in [0.3, 0.4) is 0 Å². The summed E-state index contributed by atoms with van der Waals surface area (Å²) in [4.78, 5) is 31.5. The van der Waals surface area contributed by atoms with Gasteiger partial charge in [-0.3, -0.25) is 24.4 Å². The molecule has 1 N–H and O–H groups in total. The van der Waals surface area contributed by atoms with E-state index >= 15 is 0 Å². The molecule has 4 rings (SSSR count). The van der Waals surface area contributed by atoms with Crippen molar-refractivity contribution in [2.75, 3.05) is 38.3 Å². The molecule has 1 aromatic heterocycles. The molecule has 2 amide bonds. The number of pyridine rings is 1. The van der Waals surface area contributed by atoms with Crippen molar-refractivity contribution in [3.63, 3.8) is 0 Å². The first-order chi connectivity index (χ1) is 18.2. The van der Waals surface area contributed by atoms with Crippen LogP contribution >= 0.6 is 10.2 Å². The van der Waals surface area contributed by atoms with Crippen LogP contribution in [0.2, 0.25) is 0 Å². The number of methoxy groups -OCH3 is 1. The quantitative estimate of drug-likeness (QED) is 0.354. The third-order valence-corrected chi connectivity index (χ3v) is 7.75. The molecule has 9 nitrogen and oxygen atoms in total. The monoisotopic (exact) mass is 575 g/mol. The summed E-state index contributed by atoms with van der Waals surface area (Å²) in [7, 11) is -8.60. The first-order valence-electron chi connectivity index (χ1n) is 11.8. The van der Waals surface area contributed by atoms with Crippen molar-refractivity contribution in [3.8, 4) is 6.19 Å². The number of nitrogens with zero attached hydrogens (tertiary/aromatic N) is 4. The fourth-order valence-electron chi connectivity index (χ4n) is 4.44. The number of likely N-dealkylation sites (tertiary alicyclic amines) is 1. The SMILES string of the molecule is CO[C@@H]1C[C@H](C(=O)N(c2ccc(S(F)(F)(F)(F)F)cc2)C(C(=O)NCC2COC2)c2cccnc2)N(C#N)C1. The largest absolute Gasteiger partial charge is 0.381 e. The number of amides is 2. The predicted octanol–water partition coefficient (Wildman–Crippen LogP) is 4.15. The van der Waals surface area contributed by atoms with Crippen molar-refractivity contribution in [2.24, 2.45) is 5.92 Å². The van der Waals surface area contributed by atoms with Gasteiger partial charge < -0.3 is 14.8 Å². The number of hydrogen-bond acceptors (Lipinski definition) is 7. The predicted molar refractivity (Wildman–Crippen MR) is 131 cm³/mol. The molecular weight excluding hydrogens is 549 g/mol. The van der Waals surface area contributed by atoms with Gasteiger partial charge in [0.1, 0.15) is 17.0 Å². The van der Waals surface area contributed by atoms with E-state index < -0.39 is 45.1 Å². The summed E-state index contributed by atoms with van der Waals surface area (Å²) in [5.41, 5.74) is -0.0323. The molecule has 3 atom stereocenters. The molecule has 0 spiro atoms. The number of hydrogen-bond donors (Lipinski definition) is 1. The zero-order valence-corrected chi connectivity index (χ0v) is 21.5. The molecule has 3 heterocycles. The first-order valence-corrected chi connectivity index (χ1v) is 13.8. The van der Waals surface area contributed by atoms with E-state index in [-0.39, 0.29) is 48.8 Å². The van der Waals surface area contributed by atoms with Gasteiger partial charge in [0.2, 0.25) is 5.91 Å². The smallest absolute Gasteiger partial charge is 0.310 e. The van der Waals surface area contributed by atoms with Gasteiger partial charge in [-0.05, 0) is 30.3 Å². The molecule has 2 saturated heterocycles. The highest BCUT2D eigenvalue weighted by molar-refractivity contribution is 8.45. The Bertz CT molecular complexity index is 1260. The van der Waals surface area contributed by atoms with E-state index in [0.29, 0.717) is 25.3 Å². The third-order valence-electron chi connectivity index (χ3n) is 6.59. The minimum atomic E-state index is -10.0. The molecule has 1 unspecified atom stereocenters. The van der Waals surface area contributed by atoms with Crippen LogP contribution in [0.1, 0.15) is 18.0 Å². The number of benzene rings is 1. The number of anilines is 1. The maximum absolute atomic E-state index is 14.0. The van der Waals surface area contributed by atoms with E-state index in [2.05, 4.69) is 10.3 Å². The van der Waals surface area contributed by atoms with Crippen LogP contribution in [0.4, 0.5) is 25.1 Å². The standard InChI is InChI=1S/C24H26F5N5O4S/c1-37-19-9-21(33(12-19)15-30)24(36)34(18-4-6-20(7-5-18)39(25,26,27,28)29)22(17-3-2-8-31-11-17)23(35)32-10-16-13-38-14-16/h2-8,11,16,19,21-22H,9-10,12-14H2,1H3,(H,32,35)/t19-,21-,22?/m1/s1. The van der Waals surface area contributed by atoms with Crippen molar-refractivity contribution in [1.29, 1.82) is 5.26 Å². The van der Waals surface area contributed by atoms with Crippen LogP contribution in [-0.2, 0) is 19.1 Å². The molecule has 15 heteroatoms. The summed E-state index contributed by atoms with van der Waals surface area (Å²) in [6, 6.07) is 2.21. The summed E-state index contributed by atoms with van der Waals surface area (Å²) in [6.45, 7) is 1.13. The highest BCUT2D eigenvalue weighted by atomic mass is 32.5. The lowest BCUT2D eigenvalue weighted by Gasteiger charge is -2.41. The number of carbonyl (C=O) groups excluding carboxylic acids is 2. The number of ether oxygens (including phenoxy) is 2. The third kappa shape index (κ3) is 6.40. The van der Waals surface area contributed by atoms with Crippen LogP contribution in [0, 0.1) is 17.4 Å². The van der Waals surface area contributed by atoms with Gasteiger partial charge in [0.05, 0.1) is 25.9 Å². The second kappa shape index (κ2) is 9.92. The van der Waals surface area contributed by atoms with E-state index in [1.54, 1.807) is 0 Å². The van der Waals surface area contributed by atoms with Gasteiger partial charge in [-0.1, -0.05) is 25.5 Å². The summed E-state index contributed by atoms with van der Waals surface area (Å²) in [5, 5.41) is 12.4. The average molecular weight is 576 g/mol. The van der Waals surface area contributed by atoms with Gasteiger partial charge in [0.15, 0.2) is 6.19 Å². The lowest BCUT2D eigenvalue weighted by Crippen LogP contribution is -2.51. The van der Waals surface area contributed by atoms with Crippen LogP contribution in [0.5, 0.6) is 0 Å². The Hall–Kier alpha value is -3.48. The van der Waals surface area contributed by atoms with Gasteiger partial charge in [-0.15, -0.1) is 0 Å². The minimum absolute atomic E-state index is 0.0378. The second-order valence-electron chi connectivity index (χ2n) is 9.37. The Kier molecular flexibility index (Phi) is 7.26. The minimum Gasteiger partial charge on any atom is -0.381 e. The zero-order valence-electron chi connectivity index (χ0n) is 20.7. The number of rotatable bonds is 9. The molecule has 2 fully saturated rings. The van der Waals surface area contributed by atoms with Gasteiger partial charge >= 0.3 is 10.2 Å². The fraction of sp³-hybridized carbons (Fsp3) is 0.417. The van der Waals surface area contributed by atoms with Crippen molar-refractivity contribution in [3.05, 3.63) is 54.4 Å². The molecular formula is C24H26F5N5O4S. The Morgan fingerprint density at radius 3 is 2.44 bits per heavy atom. The van der Waals surface area contributed by atoms with Crippen molar-refractivity contribution in [2.45, 2.75) is 29.5 Å². The molecule has 2 aliphatic rings. The Balaban J connectivity index is 1.80. The zero-order chi connectivity index (χ0) is 28.5. The fourth-order valence-corrected chi connectivity index (χ4v) is 5.09. The van der Waals surface area contributed by atoms with Crippen LogP contribution in [0.15, 0.2) is 53.7 Å². The number of nitriles is 1. The number of nitrogens with one attached hydrogen (secondary N) is 1.